The summed E-state index contributed by atoms with van der Waals surface area (Å²) < 4.78 is 13.1. The maximum atomic E-state index is 12.5. The number of halogens is 1. The summed E-state index contributed by atoms with van der Waals surface area (Å²) in [5.41, 5.74) is 2.75. The molecule has 0 radical (unpaired) electrons. The standard InChI is InChI=1S/C24H20NO3.BrH/c1-27-22-11-5-10-20-15-23(28-24(20)22)21(26)13-12-19-9-6-14-25(17-19)16-18-7-3-2-4-8-18;/h2-15,17H,16H2,1H3;1H/q+1;/p-1/b13-12+;. The first-order valence-electron chi connectivity index (χ1n) is 9.05. The van der Waals surface area contributed by atoms with E-state index in [0.29, 0.717) is 17.1 Å². The number of hydrogen-bond acceptors (Lipinski definition) is 3. The molecule has 0 saturated heterocycles. The Morgan fingerprint density at radius 2 is 1.90 bits per heavy atom. The van der Waals surface area contributed by atoms with E-state index in [-0.39, 0.29) is 22.8 Å². The summed E-state index contributed by atoms with van der Waals surface area (Å²) in [7, 11) is 1.58. The number of benzene rings is 2. The Morgan fingerprint density at radius 3 is 2.69 bits per heavy atom. The van der Waals surface area contributed by atoms with Crippen molar-refractivity contribution in [1.29, 1.82) is 0 Å². The molecule has 4 rings (SSSR count). The van der Waals surface area contributed by atoms with E-state index in [0.717, 1.165) is 17.5 Å². The van der Waals surface area contributed by atoms with Crippen LogP contribution >= 0.6 is 0 Å². The molecule has 0 spiro atoms. The molecule has 0 aliphatic heterocycles. The number of aromatic nitrogens is 1. The molecule has 2 heterocycles. The highest BCUT2D eigenvalue weighted by Crippen LogP contribution is 2.28. The van der Waals surface area contributed by atoms with E-state index in [1.165, 1.54) is 11.6 Å². The van der Waals surface area contributed by atoms with Crippen LogP contribution < -0.4 is 26.3 Å². The first kappa shape index (κ1) is 20.6. The molecule has 0 saturated carbocycles. The predicted molar refractivity (Wildman–Crippen MR) is 108 cm³/mol. The number of furan rings is 1. The van der Waals surface area contributed by atoms with Crippen molar-refractivity contribution in [2.45, 2.75) is 6.54 Å². The SMILES string of the molecule is COc1cccc2cc(C(=O)/C=C/c3ccc[n+](Cc4ccccc4)c3)oc12.[Br-]. The number of ether oxygens (including phenoxy) is 1. The maximum absolute atomic E-state index is 12.5. The highest BCUT2D eigenvalue weighted by molar-refractivity contribution is 6.07. The van der Waals surface area contributed by atoms with Crippen molar-refractivity contribution in [2.75, 3.05) is 7.11 Å². The van der Waals surface area contributed by atoms with Gasteiger partial charge in [-0.3, -0.25) is 4.79 Å². The maximum Gasteiger partial charge on any atom is 0.221 e. The van der Waals surface area contributed by atoms with Gasteiger partial charge in [-0.1, -0.05) is 42.5 Å². The van der Waals surface area contributed by atoms with Crippen LogP contribution in [0.2, 0.25) is 0 Å². The first-order valence-corrected chi connectivity index (χ1v) is 9.05. The molecular formula is C24H20BrNO3. The number of ketones is 1. The van der Waals surface area contributed by atoms with Gasteiger partial charge in [0.15, 0.2) is 36.0 Å². The van der Waals surface area contributed by atoms with Crippen LogP contribution in [0.5, 0.6) is 5.75 Å². The molecule has 0 bridgehead atoms. The predicted octanol–water partition coefficient (Wildman–Crippen LogP) is 1.68. The van der Waals surface area contributed by atoms with Crippen LogP contribution in [0.25, 0.3) is 17.0 Å². The van der Waals surface area contributed by atoms with E-state index in [2.05, 4.69) is 16.7 Å². The molecule has 4 nitrogen and oxygen atoms in total. The van der Waals surface area contributed by atoms with Crippen LogP contribution in [0.1, 0.15) is 21.7 Å². The average Bonchev–Trinajstić information content (AvgIpc) is 3.17. The molecule has 0 unspecified atom stereocenters. The molecule has 146 valence electrons. The second-order valence-electron chi connectivity index (χ2n) is 6.48. The van der Waals surface area contributed by atoms with Crippen molar-refractivity contribution in [3.63, 3.8) is 0 Å². The Labute approximate surface area is 179 Å². The van der Waals surface area contributed by atoms with Gasteiger partial charge in [-0.2, -0.15) is 0 Å². The van der Waals surface area contributed by atoms with Crippen LogP contribution in [-0.4, -0.2) is 12.9 Å². The van der Waals surface area contributed by atoms with Gasteiger partial charge in [0.25, 0.3) is 0 Å². The van der Waals surface area contributed by atoms with Crippen LogP contribution in [0.3, 0.4) is 0 Å². The van der Waals surface area contributed by atoms with Crippen molar-refractivity contribution < 1.29 is 35.5 Å². The Morgan fingerprint density at radius 1 is 1.07 bits per heavy atom. The number of carbonyl (C=O) groups excluding carboxylic acids is 1. The van der Waals surface area contributed by atoms with Crippen LogP contribution in [0.15, 0.2) is 89.6 Å². The number of pyridine rings is 1. The van der Waals surface area contributed by atoms with Gasteiger partial charge in [0.05, 0.1) is 7.11 Å². The number of fused-ring (bicyclic) bond motifs is 1. The monoisotopic (exact) mass is 449 g/mol. The third-order valence-corrected chi connectivity index (χ3v) is 4.49. The largest absolute Gasteiger partial charge is 1.00 e. The molecule has 2 aromatic heterocycles. The van der Waals surface area contributed by atoms with Crippen LogP contribution in [0.4, 0.5) is 0 Å². The molecule has 4 aromatic rings. The Balaban J connectivity index is 0.00000240. The van der Waals surface area contributed by atoms with E-state index >= 15 is 0 Å². The number of para-hydroxylation sites is 1. The van der Waals surface area contributed by atoms with Gasteiger partial charge in [-0.05, 0) is 30.4 Å². The fourth-order valence-corrected chi connectivity index (χ4v) is 3.11. The molecule has 0 fully saturated rings. The lowest BCUT2D eigenvalue weighted by Crippen LogP contribution is -3.00. The minimum Gasteiger partial charge on any atom is -1.00 e. The van der Waals surface area contributed by atoms with Crippen LogP contribution in [-0.2, 0) is 6.54 Å². The van der Waals surface area contributed by atoms with E-state index < -0.39 is 0 Å². The summed E-state index contributed by atoms with van der Waals surface area (Å²) in [4.78, 5) is 12.5. The van der Waals surface area contributed by atoms with Gasteiger partial charge in [-0.15, -0.1) is 0 Å². The summed E-state index contributed by atoms with van der Waals surface area (Å²) in [6, 6.07) is 21.5. The highest BCUT2D eigenvalue weighted by atomic mass is 79.9. The second kappa shape index (κ2) is 9.34. The summed E-state index contributed by atoms with van der Waals surface area (Å²) >= 11 is 0. The minimum absolute atomic E-state index is 0. The number of nitrogens with zero attached hydrogens (tertiary/aromatic N) is 1. The molecule has 29 heavy (non-hydrogen) atoms. The topological polar surface area (TPSA) is 43.3 Å². The van der Waals surface area contributed by atoms with E-state index in [4.69, 9.17) is 9.15 Å². The molecule has 5 heteroatoms. The summed E-state index contributed by atoms with van der Waals surface area (Å²) in [6.07, 6.45) is 7.36. The first-order chi connectivity index (χ1) is 13.7. The molecule has 2 aromatic carbocycles. The van der Waals surface area contributed by atoms with E-state index in [1.807, 2.05) is 60.9 Å². The Hall–Kier alpha value is -3.18. The van der Waals surface area contributed by atoms with Gasteiger partial charge >= 0.3 is 0 Å². The van der Waals surface area contributed by atoms with Gasteiger partial charge in [-0.25, -0.2) is 4.57 Å². The molecule has 0 aliphatic carbocycles. The minimum atomic E-state index is -0.184. The van der Waals surface area contributed by atoms with Crippen molar-refractivity contribution in [3.05, 3.63) is 102 Å². The fourth-order valence-electron chi connectivity index (χ4n) is 3.11. The van der Waals surface area contributed by atoms with Gasteiger partial charge in [0, 0.05) is 22.6 Å². The van der Waals surface area contributed by atoms with Crippen molar-refractivity contribution in [1.82, 2.24) is 0 Å². The smallest absolute Gasteiger partial charge is 0.221 e. The Bertz CT molecular complexity index is 1150. The number of allylic oxidation sites excluding steroid dienone is 1. The average molecular weight is 450 g/mol. The summed E-state index contributed by atoms with van der Waals surface area (Å²) in [6.45, 7) is 0.778. The van der Waals surface area contributed by atoms with Crippen molar-refractivity contribution in [2.24, 2.45) is 0 Å². The molecule has 0 atom stereocenters. The number of methoxy groups -OCH3 is 1. The molecular weight excluding hydrogens is 430 g/mol. The van der Waals surface area contributed by atoms with E-state index in [1.54, 1.807) is 19.3 Å². The number of rotatable bonds is 6. The van der Waals surface area contributed by atoms with Crippen molar-refractivity contribution in [3.8, 4) is 5.75 Å². The highest BCUT2D eigenvalue weighted by Gasteiger charge is 2.13. The third kappa shape index (κ3) is 4.81. The zero-order valence-corrected chi connectivity index (χ0v) is 17.5. The quantitative estimate of drug-likeness (QED) is 0.255. The zero-order chi connectivity index (χ0) is 19.3. The van der Waals surface area contributed by atoms with Gasteiger partial charge in [0.2, 0.25) is 5.78 Å². The lowest BCUT2D eigenvalue weighted by molar-refractivity contribution is -0.688. The lowest BCUT2D eigenvalue weighted by Gasteiger charge is -1.99. The van der Waals surface area contributed by atoms with Gasteiger partial charge in [0.1, 0.15) is 0 Å². The normalized spacial score (nSPS) is 10.8. The fraction of sp³-hybridized carbons (Fsp3) is 0.0833. The zero-order valence-electron chi connectivity index (χ0n) is 15.9. The number of hydrogen-bond donors (Lipinski definition) is 0. The second-order valence-corrected chi connectivity index (χ2v) is 6.48. The summed E-state index contributed by atoms with van der Waals surface area (Å²) in [5.74, 6) is 0.728. The van der Waals surface area contributed by atoms with Crippen molar-refractivity contribution >= 4 is 22.8 Å². The molecule has 0 N–H and O–H groups in total. The lowest BCUT2D eigenvalue weighted by atomic mass is 10.2. The van der Waals surface area contributed by atoms with Crippen LogP contribution in [0, 0.1) is 0 Å². The third-order valence-electron chi connectivity index (χ3n) is 4.49. The van der Waals surface area contributed by atoms with Gasteiger partial charge < -0.3 is 26.1 Å². The molecule has 0 aliphatic rings. The summed E-state index contributed by atoms with van der Waals surface area (Å²) in [5, 5.41) is 0.844. The van der Waals surface area contributed by atoms with E-state index in [9.17, 15) is 4.79 Å². The number of carbonyl (C=O) groups is 1. The molecule has 0 amide bonds. The Kier molecular flexibility index (Phi) is 6.62.